The van der Waals surface area contributed by atoms with E-state index in [0.717, 1.165) is 5.56 Å². The summed E-state index contributed by atoms with van der Waals surface area (Å²) in [5.41, 5.74) is 7.99. The van der Waals surface area contributed by atoms with Crippen molar-refractivity contribution in [1.82, 2.24) is 9.55 Å². The maximum Gasteiger partial charge on any atom is 0.136 e. The van der Waals surface area contributed by atoms with Crippen LogP contribution in [0, 0.1) is 11.3 Å². The van der Waals surface area contributed by atoms with E-state index in [-0.39, 0.29) is 5.54 Å². The molecule has 20 heavy (non-hydrogen) atoms. The highest BCUT2D eigenvalue weighted by Crippen LogP contribution is 2.31. The van der Waals surface area contributed by atoms with E-state index >= 15 is 0 Å². The summed E-state index contributed by atoms with van der Waals surface area (Å²) in [6.07, 6.45) is 1.72. The number of rotatable bonds is 2. The van der Waals surface area contributed by atoms with Crippen molar-refractivity contribution in [3.63, 3.8) is 0 Å². The van der Waals surface area contributed by atoms with Crippen LogP contribution < -0.4 is 10.5 Å². The van der Waals surface area contributed by atoms with Crippen molar-refractivity contribution >= 4 is 5.82 Å². The average Bonchev–Trinajstić information content (AvgIpc) is 2.79. The van der Waals surface area contributed by atoms with Crippen LogP contribution in [0.1, 0.15) is 26.3 Å². The molecule has 2 rings (SSSR count). The van der Waals surface area contributed by atoms with Crippen molar-refractivity contribution in [2.24, 2.45) is 0 Å². The second-order valence-electron chi connectivity index (χ2n) is 5.55. The first-order chi connectivity index (χ1) is 9.38. The maximum atomic E-state index is 9.14. The molecule has 1 heterocycles. The predicted molar refractivity (Wildman–Crippen MR) is 78.3 cm³/mol. The van der Waals surface area contributed by atoms with Crippen molar-refractivity contribution in [1.29, 1.82) is 5.26 Å². The number of ether oxygens (including phenoxy) is 1. The monoisotopic (exact) mass is 270 g/mol. The summed E-state index contributed by atoms with van der Waals surface area (Å²) < 4.78 is 7.05. The third kappa shape index (κ3) is 2.32. The van der Waals surface area contributed by atoms with Gasteiger partial charge in [-0.3, -0.25) is 0 Å². The standard InChI is InChI=1S/C15H18N4O/c1-15(2,3)19-9-18-13(14(19)17)10-5-6-12(20-4)11(7-10)8-16/h5-7,9H,17H2,1-4H3. The summed E-state index contributed by atoms with van der Waals surface area (Å²) in [6, 6.07) is 7.46. The summed E-state index contributed by atoms with van der Waals surface area (Å²) in [6.45, 7) is 6.18. The minimum Gasteiger partial charge on any atom is -0.495 e. The lowest BCUT2D eigenvalue weighted by Gasteiger charge is -2.22. The number of imidazole rings is 1. The molecule has 5 heteroatoms. The molecule has 0 aliphatic heterocycles. The fraction of sp³-hybridized carbons (Fsp3) is 0.333. The van der Waals surface area contributed by atoms with Gasteiger partial charge in [0.05, 0.1) is 19.0 Å². The Balaban J connectivity index is 2.54. The zero-order chi connectivity index (χ0) is 14.9. The van der Waals surface area contributed by atoms with Gasteiger partial charge in [0.25, 0.3) is 0 Å². The van der Waals surface area contributed by atoms with E-state index in [1.54, 1.807) is 25.6 Å². The quantitative estimate of drug-likeness (QED) is 0.910. The van der Waals surface area contributed by atoms with Crippen LogP contribution in [0.25, 0.3) is 11.3 Å². The van der Waals surface area contributed by atoms with Crippen LogP contribution in [0.2, 0.25) is 0 Å². The number of benzene rings is 1. The lowest BCUT2D eigenvalue weighted by atomic mass is 10.1. The van der Waals surface area contributed by atoms with E-state index in [4.69, 9.17) is 15.7 Å². The van der Waals surface area contributed by atoms with E-state index in [0.29, 0.717) is 22.8 Å². The first-order valence-electron chi connectivity index (χ1n) is 6.30. The number of anilines is 1. The maximum absolute atomic E-state index is 9.14. The molecular formula is C15H18N4O. The van der Waals surface area contributed by atoms with Crippen LogP contribution >= 0.6 is 0 Å². The summed E-state index contributed by atoms with van der Waals surface area (Å²) in [4.78, 5) is 4.37. The Morgan fingerprint density at radius 1 is 1.35 bits per heavy atom. The molecule has 0 fully saturated rings. The predicted octanol–water partition coefficient (Wildman–Crippen LogP) is 2.77. The van der Waals surface area contributed by atoms with Crippen LogP contribution in [-0.4, -0.2) is 16.7 Å². The molecule has 0 bridgehead atoms. The average molecular weight is 270 g/mol. The Morgan fingerprint density at radius 3 is 2.55 bits per heavy atom. The minimum atomic E-state index is -0.139. The largest absolute Gasteiger partial charge is 0.495 e. The Labute approximate surface area is 118 Å². The zero-order valence-corrected chi connectivity index (χ0v) is 12.1. The summed E-state index contributed by atoms with van der Waals surface area (Å²) >= 11 is 0. The highest BCUT2D eigenvalue weighted by atomic mass is 16.5. The molecule has 2 aromatic rings. The first kappa shape index (κ1) is 13.9. The summed E-state index contributed by atoms with van der Waals surface area (Å²) in [5.74, 6) is 1.14. The molecule has 5 nitrogen and oxygen atoms in total. The number of methoxy groups -OCH3 is 1. The Morgan fingerprint density at radius 2 is 2.05 bits per heavy atom. The fourth-order valence-corrected chi connectivity index (χ4v) is 2.06. The molecule has 0 saturated carbocycles. The number of aromatic nitrogens is 2. The van der Waals surface area contributed by atoms with Crippen LogP contribution in [0.4, 0.5) is 5.82 Å². The van der Waals surface area contributed by atoms with E-state index in [9.17, 15) is 0 Å². The van der Waals surface area contributed by atoms with Crippen molar-refractivity contribution in [2.45, 2.75) is 26.3 Å². The molecule has 1 aromatic heterocycles. The van der Waals surface area contributed by atoms with Gasteiger partial charge in [-0.2, -0.15) is 5.26 Å². The molecule has 0 saturated heterocycles. The van der Waals surface area contributed by atoms with Crippen molar-refractivity contribution in [3.05, 3.63) is 30.1 Å². The third-order valence-electron chi connectivity index (χ3n) is 3.12. The number of hydrogen-bond donors (Lipinski definition) is 1. The van der Waals surface area contributed by atoms with Gasteiger partial charge in [0, 0.05) is 11.1 Å². The van der Waals surface area contributed by atoms with E-state index < -0.39 is 0 Å². The second-order valence-corrected chi connectivity index (χ2v) is 5.55. The van der Waals surface area contributed by atoms with Gasteiger partial charge in [-0.05, 0) is 39.0 Å². The van der Waals surface area contributed by atoms with Gasteiger partial charge in [-0.25, -0.2) is 4.98 Å². The topological polar surface area (TPSA) is 76.9 Å². The van der Waals surface area contributed by atoms with Gasteiger partial charge in [0.15, 0.2) is 0 Å². The highest BCUT2D eigenvalue weighted by molar-refractivity contribution is 5.73. The van der Waals surface area contributed by atoms with Gasteiger partial charge in [0.2, 0.25) is 0 Å². The lowest BCUT2D eigenvalue weighted by molar-refractivity contribution is 0.402. The lowest BCUT2D eigenvalue weighted by Crippen LogP contribution is -2.22. The first-order valence-corrected chi connectivity index (χ1v) is 6.30. The van der Waals surface area contributed by atoms with Gasteiger partial charge in [-0.15, -0.1) is 0 Å². The normalized spacial score (nSPS) is 11.2. The minimum absolute atomic E-state index is 0.139. The van der Waals surface area contributed by atoms with Gasteiger partial charge >= 0.3 is 0 Å². The van der Waals surface area contributed by atoms with Crippen LogP contribution in [0.5, 0.6) is 5.75 Å². The molecule has 0 spiro atoms. The molecule has 0 atom stereocenters. The Hall–Kier alpha value is -2.48. The molecule has 0 aliphatic rings. The van der Waals surface area contributed by atoms with Crippen LogP contribution in [0.3, 0.4) is 0 Å². The molecule has 2 N–H and O–H groups in total. The van der Waals surface area contributed by atoms with E-state index in [1.807, 2.05) is 10.6 Å². The number of nitrogen functional groups attached to an aromatic ring is 1. The Kier molecular flexibility index (Phi) is 3.41. The van der Waals surface area contributed by atoms with E-state index in [2.05, 4.69) is 31.8 Å². The van der Waals surface area contributed by atoms with E-state index in [1.165, 1.54) is 0 Å². The van der Waals surface area contributed by atoms with Gasteiger partial charge in [-0.1, -0.05) is 0 Å². The number of nitrogens with two attached hydrogens (primary N) is 1. The third-order valence-corrected chi connectivity index (χ3v) is 3.12. The van der Waals surface area contributed by atoms with Crippen LogP contribution in [-0.2, 0) is 5.54 Å². The van der Waals surface area contributed by atoms with Gasteiger partial charge < -0.3 is 15.0 Å². The zero-order valence-electron chi connectivity index (χ0n) is 12.1. The molecule has 1 aromatic carbocycles. The molecule has 0 amide bonds. The van der Waals surface area contributed by atoms with Crippen molar-refractivity contribution in [3.8, 4) is 23.1 Å². The number of hydrogen-bond acceptors (Lipinski definition) is 4. The molecule has 0 unspecified atom stereocenters. The highest BCUT2D eigenvalue weighted by Gasteiger charge is 2.19. The SMILES string of the molecule is COc1ccc(-c2ncn(C(C)(C)C)c2N)cc1C#N. The Bertz CT molecular complexity index is 674. The molecule has 104 valence electrons. The van der Waals surface area contributed by atoms with Crippen molar-refractivity contribution in [2.75, 3.05) is 12.8 Å². The molecule has 0 aliphatic carbocycles. The summed E-state index contributed by atoms with van der Waals surface area (Å²) in [5, 5.41) is 9.14. The van der Waals surface area contributed by atoms with Gasteiger partial charge in [0.1, 0.15) is 23.3 Å². The van der Waals surface area contributed by atoms with Crippen molar-refractivity contribution < 1.29 is 4.74 Å². The number of nitrogens with zero attached hydrogens (tertiary/aromatic N) is 3. The summed E-state index contributed by atoms with van der Waals surface area (Å²) in [7, 11) is 1.54. The molecular weight excluding hydrogens is 252 g/mol. The smallest absolute Gasteiger partial charge is 0.136 e. The van der Waals surface area contributed by atoms with Crippen LogP contribution in [0.15, 0.2) is 24.5 Å². The molecule has 0 radical (unpaired) electrons. The number of nitriles is 1. The fourth-order valence-electron chi connectivity index (χ4n) is 2.06. The second kappa shape index (κ2) is 4.89.